The summed E-state index contributed by atoms with van der Waals surface area (Å²) in [7, 11) is 1.37. The average Bonchev–Trinajstić information content (AvgIpc) is 1.17. The molecule has 0 saturated carbocycles. The van der Waals surface area contributed by atoms with Crippen LogP contribution in [0.1, 0.15) is 166 Å². The van der Waals surface area contributed by atoms with Gasteiger partial charge in [-0.25, -0.2) is 0 Å². The first-order valence-electron chi connectivity index (χ1n) is 33.8. The first-order chi connectivity index (χ1) is 44.9. The van der Waals surface area contributed by atoms with E-state index in [0.29, 0.717) is 31.4 Å². The zero-order valence-corrected chi connectivity index (χ0v) is 58.8. The van der Waals surface area contributed by atoms with Gasteiger partial charge in [0.2, 0.25) is 76.8 Å². The molecule has 96 heavy (non-hydrogen) atoms. The van der Waals surface area contributed by atoms with E-state index in [1.54, 1.807) is 81.4 Å². The van der Waals surface area contributed by atoms with Gasteiger partial charge in [0.1, 0.15) is 66.2 Å². The number of hydrogen-bond donors (Lipinski definition) is 16. The van der Waals surface area contributed by atoms with Crippen molar-refractivity contribution in [1.82, 2.24) is 63.4 Å². The Bertz CT molecular complexity index is 2770. The van der Waals surface area contributed by atoms with Gasteiger partial charge in [-0.3, -0.25) is 62.3 Å². The number of unbranched alkanes of at least 4 members (excludes halogenated alkanes) is 1. The number of hydrogen-bond acceptors (Lipinski definition) is 17. The summed E-state index contributed by atoms with van der Waals surface area (Å²) >= 11 is 0. The van der Waals surface area contributed by atoms with E-state index in [1.165, 1.54) is 26.1 Å². The second-order valence-electron chi connectivity index (χ2n) is 27.0. The van der Waals surface area contributed by atoms with E-state index in [9.17, 15) is 67.4 Å². The Balaban J connectivity index is 2.68. The Morgan fingerprint density at radius 3 is 1.36 bits per heavy atom. The van der Waals surface area contributed by atoms with Gasteiger partial charge in [-0.2, -0.15) is 0 Å². The maximum atomic E-state index is 14.4. The number of likely N-dealkylation sites (N-methyl/N-ethyl adjacent to an activating group) is 1. The monoisotopic (exact) mass is 1350 g/mol. The molecule has 2 rings (SSSR count). The van der Waals surface area contributed by atoms with Crippen LogP contribution in [-0.4, -0.2) is 186 Å². The highest BCUT2D eigenvalue weighted by Gasteiger charge is 2.39. The number of benzene rings is 1. The Hall–Kier alpha value is -7.99. The van der Waals surface area contributed by atoms with Gasteiger partial charge < -0.3 is 91.4 Å². The third-order valence-corrected chi connectivity index (χ3v) is 17.0. The number of amides is 13. The lowest BCUT2D eigenvalue weighted by Gasteiger charge is -2.32. The van der Waals surface area contributed by atoms with E-state index in [1.807, 2.05) is 13.8 Å². The van der Waals surface area contributed by atoms with Crippen LogP contribution in [0.25, 0.3) is 0 Å². The van der Waals surface area contributed by atoms with E-state index in [2.05, 4.69) is 58.5 Å². The highest BCUT2D eigenvalue weighted by molar-refractivity contribution is 5.99. The number of phenols is 1. The summed E-state index contributed by atoms with van der Waals surface area (Å²) in [5.41, 5.74) is 24.5. The number of nitrogens with one attached hydrogen (secondary N) is 11. The highest BCUT2D eigenvalue weighted by atomic mass is 16.3. The fourth-order valence-corrected chi connectivity index (χ4v) is 10.4. The molecule has 30 nitrogen and oxygen atoms in total. The molecule has 1 aromatic carbocycles. The van der Waals surface area contributed by atoms with E-state index < -0.39 is 179 Å². The first kappa shape index (κ1) is 84.1. The lowest BCUT2D eigenvalue weighted by Crippen LogP contribution is -2.61. The lowest BCUT2D eigenvalue weighted by atomic mass is 9.95. The average molecular weight is 1360 g/mol. The molecule has 1 saturated heterocycles. The Labute approximate surface area is 565 Å². The number of phenolic OH excluding ortho intramolecular Hbond substituents is 1. The quantitative estimate of drug-likeness (QED) is 0.0808. The van der Waals surface area contributed by atoms with Gasteiger partial charge in [0, 0.05) is 33.0 Å². The van der Waals surface area contributed by atoms with Crippen molar-refractivity contribution in [3.05, 3.63) is 29.8 Å². The molecule has 30 heteroatoms. The van der Waals surface area contributed by atoms with Gasteiger partial charge in [-0.05, 0) is 124 Å². The minimum Gasteiger partial charge on any atom is -0.508 e. The first-order valence-corrected chi connectivity index (χ1v) is 33.8. The summed E-state index contributed by atoms with van der Waals surface area (Å²) in [6.45, 7) is 22.1. The molecular formula is C66H114N16O14. The smallest absolute Gasteiger partial charge is 0.245 e. The van der Waals surface area contributed by atoms with Crippen molar-refractivity contribution in [2.24, 2.45) is 58.4 Å². The molecule has 0 aliphatic carbocycles. The summed E-state index contributed by atoms with van der Waals surface area (Å²) in [6, 6.07) is -8.97. The lowest BCUT2D eigenvalue weighted by molar-refractivity contribution is -0.143. The van der Waals surface area contributed by atoms with E-state index in [0.717, 1.165) is 4.90 Å². The largest absolute Gasteiger partial charge is 0.508 e. The van der Waals surface area contributed by atoms with Crippen molar-refractivity contribution in [2.75, 3.05) is 26.7 Å². The van der Waals surface area contributed by atoms with Crippen molar-refractivity contribution >= 4 is 76.8 Å². The van der Waals surface area contributed by atoms with Gasteiger partial charge in [0.25, 0.3) is 0 Å². The van der Waals surface area contributed by atoms with E-state index >= 15 is 0 Å². The molecule has 0 spiro atoms. The van der Waals surface area contributed by atoms with Crippen LogP contribution in [0.5, 0.6) is 5.75 Å². The minimum atomic E-state index is -1.48. The number of nitrogens with two attached hydrogens (primary N) is 4. The summed E-state index contributed by atoms with van der Waals surface area (Å²) in [6.07, 6.45) is 1.14. The van der Waals surface area contributed by atoms with Crippen LogP contribution in [0.2, 0.25) is 0 Å². The van der Waals surface area contributed by atoms with Crippen molar-refractivity contribution in [3.8, 4) is 5.75 Å². The van der Waals surface area contributed by atoms with Crippen LogP contribution < -0.4 is 81.4 Å². The molecule has 0 radical (unpaired) electrons. The van der Waals surface area contributed by atoms with Gasteiger partial charge in [-0.15, -0.1) is 0 Å². The second kappa shape index (κ2) is 41.9. The molecule has 1 aliphatic heterocycles. The van der Waals surface area contributed by atoms with Crippen LogP contribution in [0.3, 0.4) is 0 Å². The Morgan fingerprint density at radius 1 is 0.510 bits per heavy atom. The molecule has 1 aromatic rings. The number of primary amides is 1. The van der Waals surface area contributed by atoms with Crippen LogP contribution in [0.15, 0.2) is 24.3 Å². The van der Waals surface area contributed by atoms with Crippen molar-refractivity contribution in [1.29, 1.82) is 0 Å². The third-order valence-electron chi connectivity index (χ3n) is 17.0. The molecular weight excluding hydrogens is 1240 g/mol. The van der Waals surface area contributed by atoms with Gasteiger partial charge in [0.05, 0.1) is 12.1 Å². The molecule has 13 amide bonds. The summed E-state index contributed by atoms with van der Waals surface area (Å²) in [5.74, 6) is -12.5. The fourth-order valence-electron chi connectivity index (χ4n) is 10.4. The van der Waals surface area contributed by atoms with Crippen LogP contribution >= 0.6 is 0 Å². The Morgan fingerprint density at radius 2 is 0.906 bits per heavy atom. The van der Waals surface area contributed by atoms with Crippen LogP contribution in [0.4, 0.5) is 0 Å². The number of aromatic hydroxyl groups is 1. The number of carbonyl (C=O) groups excluding carboxylic acids is 13. The molecule has 542 valence electrons. The Kier molecular flexibility index (Phi) is 36.7. The summed E-state index contributed by atoms with van der Waals surface area (Å²) in [5, 5.41) is 40.0. The molecule has 1 heterocycles. The summed E-state index contributed by atoms with van der Waals surface area (Å²) in [4.78, 5) is 182. The van der Waals surface area contributed by atoms with Crippen molar-refractivity contribution in [3.63, 3.8) is 0 Å². The number of carbonyl (C=O) groups is 13. The number of nitrogens with zero attached hydrogens (tertiary/aromatic N) is 1. The van der Waals surface area contributed by atoms with Crippen molar-refractivity contribution in [2.45, 2.75) is 240 Å². The standard InChI is InChI=1S/C66H114N16O14/c1-15-39(12)54-65(95)79-52(37(8)9)64(94)76-48(33-41-23-25-42(83)26-24-41)59(89)72-31-19-21-44(69)57(87)80-53(38(10)11)66(96)82(14)40(13)55(85)77-50(35(4)5)63(93)75-47(32-34(2)3)61(91)73-45(22-16-17-29-67)58(88)71-30-18-20-43(68)56(86)78-51(36(6)7)62(92)74-46(60(90)81-54)27-28-49(70)84/h23-26,34-40,43-48,50-54,83H,15-22,27-33,67-69H2,1-14H3,(H2,70,84)(H,71,88)(H,72,89)(H,73,91)(H,74,92)(H,75,93)(H,76,94)(H,77,85)(H,78,86)(H,79,95)(H,80,87)(H,81,90)/t39-,40-,43-,44-,45-,46-,47-,48-,50-,51-,52-,53-,54-/m0/s1. The topological polar surface area (TPSA) is 482 Å². The molecule has 0 unspecified atom stereocenters. The molecule has 1 fully saturated rings. The zero-order valence-electron chi connectivity index (χ0n) is 58.8. The number of rotatable bonds is 17. The SMILES string of the molecule is CC[C@H](C)[C@@H]1NC(=O)[C@H](CCC(N)=O)NC(=O)[C@H](C(C)C)NC(=O)[C@@H](N)CCCNC(=O)[C@H](CCCCN)NC(=O)[C@H](CC(C)C)NC(=O)[C@H](C(C)C)NC(=O)[C@H](C)N(C)C(=O)[C@H](C(C)C)NC(=O)[C@@H](N)CCCNC(=O)[C@H](Cc2ccc(O)cc2)NC(=O)[C@H](C(C)C)NC1=O. The van der Waals surface area contributed by atoms with Gasteiger partial charge in [0.15, 0.2) is 0 Å². The summed E-state index contributed by atoms with van der Waals surface area (Å²) < 4.78 is 0. The van der Waals surface area contributed by atoms with Crippen LogP contribution in [-0.2, 0) is 68.7 Å². The predicted molar refractivity (Wildman–Crippen MR) is 361 cm³/mol. The molecule has 0 bridgehead atoms. The van der Waals surface area contributed by atoms with Gasteiger partial charge in [-0.1, -0.05) is 102 Å². The molecule has 20 N–H and O–H groups in total. The molecule has 1 aliphatic rings. The highest BCUT2D eigenvalue weighted by Crippen LogP contribution is 2.18. The maximum absolute atomic E-state index is 14.4. The molecule has 13 atom stereocenters. The van der Waals surface area contributed by atoms with Crippen LogP contribution in [0, 0.1) is 35.5 Å². The second-order valence-corrected chi connectivity index (χ2v) is 27.0. The van der Waals surface area contributed by atoms with E-state index in [-0.39, 0.29) is 82.5 Å². The maximum Gasteiger partial charge on any atom is 0.245 e. The zero-order chi connectivity index (χ0) is 72.8. The predicted octanol–water partition coefficient (Wildman–Crippen LogP) is -1.28. The normalized spacial score (nSPS) is 26.5. The minimum absolute atomic E-state index is 0.00184. The van der Waals surface area contributed by atoms with Crippen molar-refractivity contribution < 1.29 is 67.4 Å². The molecule has 0 aromatic heterocycles. The van der Waals surface area contributed by atoms with E-state index in [4.69, 9.17) is 22.9 Å². The van der Waals surface area contributed by atoms with Gasteiger partial charge >= 0.3 is 0 Å². The third kappa shape index (κ3) is 28.4. The fraction of sp³-hybridized carbons (Fsp3) is 0.712.